The van der Waals surface area contributed by atoms with Crippen molar-refractivity contribution in [1.82, 2.24) is 5.32 Å². The third-order valence-corrected chi connectivity index (χ3v) is 4.01. The van der Waals surface area contributed by atoms with E-state index < -0.39 is 12.1 Å². The molecular weight excluding hydrogens is 346 g/mol. The van der Waals surface area contributed by atoms with Gasteiger partial charge in [-0.25, -0.2) is 4.79 Å². The summed E-state index contributed by atoms with van der Waals surface area (Å²) in [6.45, 7) is 3.92. The number of furan rings is 1. The van der Waals surface area contributed by atoms with Gasteiger partial charge in [0, 0.05) is 11.9 Å². The number of carbonyl (C=O) groups is 2. The highest BCUT2D eigenvalue weighted by Crippen LogP contribution is 2.28. The van der Waals surface area contributed by atoms with Gasteiger partial charge in [-0.3, -0.25) is 4.79 Å². The molecule has 0 saturated heterocycles. The Hall–Kier alpha value is -3.28. The van der Waals surface area contributed by atoms with E-state index in [1.54, 1.807) is 13.0 Å². The van der Waals surface area contributed by atoms with E-state index in [0.29, 0.717) is 23.4 Å². The minimum absolute atomic E-state index is 0.0447. The van der Waals surface area contributed by atoms with Gasteiger partial charge in [-0.2, -0.15) is 0 Å². The monoisotopic (exact) mass is 367 g/mol. The average Bonchev–Trinajstić information content (AvgIpc) is 3.06. The van der Waals surface area contributed by atoms with Crippen LogP contribution in [0.3, 0.4) is 0 Å². The van der Waals surface area contributed by atoms with Crippen molar-refractivity contribution in [2.45, 2.75) is 26.6 Å². The van der Waals surface area contributed by atoms with Gasteiger partial charge in [-0.05, 0) is 32.0 Å². The lowest BCUT2D eigenvalue weighted by molar-refractivity contribution is -0.129. The fourth-order valence-corrected chi connectivity index (χ4v) is 2.66. The number of nitrogens with one attached hydrogen (secondary N) is 1. The number of likely N-dealkylation sites (N-methyl/N-ethyl adjacent to an activating group) is 1. The fraction of sp³-hybridized carbons (Fsp3) is 0.238. The zero-order chi connectivity index (χ0) is 19.2. The number of rotatable bonds is 7. The van der Waals surface area contributed by atoms with E-state index in [0.717, 1.165) is 5.39 Å². The summed E-state index contributed by atoms with van der Waals surface area (Å²) in [5, 5.41) is 3.39. The lowest BCUT2D eigenvalue weighted by Gasteiger charge is -2.12. The van der Waals surface area contributed by atoms with Gasteiger partial charge in [0.2, 0.25) is 5.76 Å². The molecular formula is C21H21NO5. The molecule has 6 nitrogen and oxygen atoms in total. The standard InChI is InChI=1S/C21H21NO5/c1-3-22-20(23)14(2)26-21(24)19-17(13-25-15-9-5-4-6-10-15)16-11-7-8-12-18(16)27-19/h4-12,14H,3,13H2,1-2H3,(H,22,23)/t14-/m1/s1. The van der Waals surface area contributed by atoms with Gasteiger partial charge in [0.1, 0.15) is 17.9 Å². The molecule has 1 heterocycles. The summed E-state index contributed by atoms with van der Waals surface area (Å²) in [6.07, 6.45) is -0.923. The number of carbonyl (C=O) groups excluding carboxylic acids is 2. The predicted octanol–water partition coefficient (Wildman–Crippen LogP) is 3.69. The van der Waals surface area contributed by atoms with Crippen LogP contribution in [-0.4, -0.2) is 24.5 Å². The first-order valence-electron chi connectivity index (χ1n) is 8.77. The first kappa shape index (κ1) is 18.5. The molecule has 27 heavy (non-hydrogen) atoms. The lowest BCUT2D eigenvalue weighted by atomic mass is 10.1. The normalized spacial score (nSPS) is 11.8. The van der Waals surface area contributed by atoms with Crippen molar-refractivity contribution in [2.75, 3.05) is 6.54 Å². The molecule has 2 aromatic carbocycles. The molecule has 0 unspecified atom stereocenters. The van der Waals surface area contributed by atoms with Gasteiger partial charge >= 0.3 is 5.97 Å². The maximum Gasteiger partial charge on any atom is 0.375 e. The second-order valence-electron chi connectivity index (χ2n) is 5.95. The molecule has 140 valence electrons. The Morgan fingerprint density at radius 1 is 1.07 bits per heavy atom. The van der Waals surface area contributed by atoms with Crippen LogP contribution in [0.4, 0.5) is 0 Å². The zero-order valence-electron chi connectivity index (χ0n) is 15.2. The Bertz CT molecular complexity index is 932. The number of para-hydroxylation sites is 2. The lowest BCUT2D eigenvalue weighted by Crippen LogP contribution is -2.35. The van der Waals surface area contributed by atoms with Crippen molar-refractivity contribution in [3.8, 4) is 5.75 Å². The van der Waals surface area contributed by atoms with Crippen molar-refractivity contribution in [3.63, 3.8) is 0 Å². The quantitative estimate of drug-likeness (QED) is 0.645. The summed E-state index contributed by atoms with van der Waals surface area (Å²) in [5.41, 5.74) is 1.14. The van der Waals surface area contributed by atoms with Crippen LogP contribution in [0.1, 0.15) is 30.0 Å². The van der Waals surface area contributed by atoms with Crippen molar-refractivity contribution < 1.29 is 23.5 Å². The Balaban J connectivity index is 1.85. The van der Waals surface area contributed by atoms with E-state index in [9.17, 15) is 9.59 Å². The van der Waals surface area contributed by atoms with Gasteiger partial charge in [0.25, 0.3) is 5.91 Å². The smallest absolute Gasteiger partial charge is 0.375 e. The molecule has 0 aliphatic carbocycles. The summed E-state index contributed by atoms with van der Waals surface area (Å²) in [5.74, 6) is -0.332. The van der Waals surface area contributed by atoms with Crippen LogP contribution in [-0.2, 0) is 16.1 Å². The van der Waals surface area contributed by atoms with Crippen molar-refractivity contribution in [2.24, 2.45) is 0 Å². The number of fused-ring (bicyclic) bond motifs is 1. The molecule has 0 saturated carbocycles. The van der Waals surface area contributed by atoms with Crippen LogP contribution >= 0.6 is 0 Å². The summed E-state index contributed by atoms with van der Waals surface area (Å²) >= 11 is 0. The highest BCUT2D eigenvalue weighted by Gasteiger charge is 2.26. The first-order chi connectivity index (χ1) is 13.1. The van der Waals surface area contributed by atoms with E-state index >= 15 is 0 Å². The fourth-order valence-electron chi connectivity index (χ4n) is 2.66. The minimum atomic E-state index is -0.923. The van der Waals surface area contributed by atoms with Crippen LogP contribution in [0, 0.1) is 0 Å². The maximum absolute atomic E-state index is 12.6. The highest BCUT2D eigenvalue weighted by molar-refractivity contribution is 5.97. The molecule has 1 atom stereocenters. The third-order valence-electron chi connectivity index (χ3n) is 4.01. The van der Waals surface area contributed by atoms with E-state index in [-0.39, 0.29) is 18.3 Å². The Morgan fingerprint density at radius 3 is 2.52 bits per heavy atom. The molecule has 0 radical (unpaired) electrons. The van der Waals surface area contributed by atoms with Gasteiger partial charge in [-0.15, -0.1) is 0 Å². The predicted molar refractivity (Wildman–Crippen MR) is 101 cm³/mol. The second-order valence-corrected chi connectivity index (χ2v) is 5.95. The first-order valence-corrected chi connectivity index (χ1v) is 8.77. The molecule has 0 bridgehead atoms. The van der Waals surface area contributed by atoms with E-state index in [4.69, 9.17) is 13.9 Å². The molecule has 3 rings (SSSR count). The average molecular weight is 367 g/mol. The summed E-state index contributed by atoms with van der Waals surface area (Å²) in [6, 6.07) is 16.6. The van der Waals surface area contributed by atoms with E-state index in [2.05, 4.69) is 5.32 Å². The Morgan fingerprint density at radius 2 is 1.78 bits per heavy atom. The number of esters is 1. The Kier molecular flexibility index (Phi) is 5.76. The summed E-state index contributed by atoms with van der Waals surface area (Å²) < 4.78 is 16.8. The number of hydrogen-bond donors (Lipinski definition) is 1. The number of amides is 1. The molecule has 6 heteroatoms. The van der Waals surface area contributed by atoms with Crippen molar-refractivity contribution in [1.29, 1.82) is 0 Å². The minimum Gasteiger partial charge on any atom is -0.489 e. The van der Waals surface area contributed by atoms with Crippen LogP contribution in [0.2, 0.25) is 0 Å². The maximum atomic E-state index is 12.6. The Labute approximate surface area is 157 Å². The number of ether oxygens (including phenoxy) is 2. The van der Waals surface area contributed by atoms with Gasteiger partial charge in [0.15, 0.2) is 6.10 Å². The number of benzene rings is 2. The van der Waals surface area contributed by atoms with Gasteiger partial charge in [0.05, 0.1) is 5.56 Å². The molecule has 1 N–H and O–H groups in total. The SMILES string of the molecule is CCNC(=O)[C@@H](C)OC(=O)c1oc2ccccc2c1COc1ccccc1. The third kappa shape index (κ3) is 4.28. The summed E-state index contributed by atoms with van der Waals surface area (Å²) in [4.78, 5) is 24.4. The number of hydrogen-bond acceptors (Lipinski definition) is 5. The second kappa shape index (κ2) is 8.40. The van der Waals surface area contributed by atoms with E-state index in [1.165, 1.54) is 6.92 Å². The molecule has 0 aliphatic heterocycles. The van der Waals surface area contributed by atoms with E-state index in [1.807, 2.05) is 48.5 Å². The largest absolute Gasteiger partial charge is 0.489 e. The van der Waals surface area contributed by atoms with Gasteiger partial charge < -0.3 is 19.2 Å². The molecule has 0 fully saturated rings. The zero-order valence-corrected chi connectivity index (χ0v) is 15.2. The van der Waals surface area contributed by atoms with Crippen LogP contribution in [0.15, 0.2) is 59.0 Å². The van der Waals surface area contributed by atoms with Crippen molar-refractivity contribution in [3.05, 3.63) is 65.9 Å². The van der Waals surface area contributed by atoms with Crippen LogP contribution < -0.4 is 10.1 Å². The molecule has 3 aromatic rings. The van der Waals surface area contributed by atoms with Crippen molar-refractivity contribution >= 4 is 22.8 Å². The molecule has 0 spiro atoms. The summed E-state index contributed by atoms with van der Waals surface area (Å²) in [7, 11) is 0. The van der Waals surface area contributed by atoms with Crippen LogP contribution in [0.25, 0.3) is 11.0 Å². The molecule has 1 amide bonds. The topological polar surface area (TPSA) is 77.8 Å². The molecule has 1 aromatic heterocycles. The van der Waals surface area contributed by atoms with Gasteiger partial charge in [-0.1, -0.05) is 36.4 Å². The highest BCUT2D eigenvalue weighted by atomic mass is 16.6. The molecule has 0 aliphatic rings. The van der Waals surface area contributed by atoms with Crippen LogP contribution in [0.5, 0.6) is 5.75 Å².